The Morgan fingerprint density at radius 3 is 2.73 bits per heavy atom. The fraction of sp³-hybridized carbons (Fsp3) is 0.455. The molecule has 0 spiro atoms. The molecule has 2 rings (SSSR count). The van der Waals surface area contributed by atoms with Crippen molar-refractivity contribution in [2.75, 3.05) is 18.4 Å². The molecule has 1 aliphatic rings. The van der Waals surface area contributed by atoms with Crippen molar-refractivity contribution in [1.29, 1.82) is 0 Å². The molecule has 82 valence electrons. The maximum Gasteiger partial charge on any atom is 0.0479 e. The summed E-state index contributed by atoms with van der Waals surface area (Å²) in [5.74, 6) is 0. The molecule has 0 unspecified atom stereocenters. The van der Waals surface area contributed by atoms with Crippen LogP contribution >= 0.6 is 34.2 Å². The lowest BCUT2D eigenvalue weighted by Crippen LogP contribution is -2.35. The molecular weight excluding hydrogens is 322 g/mol. The second-order valence-electron chi connectivity index (χ2n) is 3.79. The summed E-state index contributed by atoms with van der Waals surface area (Å²) >= 11 is 8.24. The van der Waals surface area contributed by atoms with Gasteiger partial charge in [0.05, 0.1) is 0 Å². The van der Waals surface area contributed by atoms with E-state index in [9.17, 15) is 0 Å². The fourth-order valence-electron chi connectivity index (χ4n) is 1.79. The first-order chi connectivity index (χ1) is 7.25. The van der Waals surface area contributed by atoms with Gasteiger partial charge in [-0.3, -0.25) is 0 Å². The van der Waals surface area contributed by atoms with Crippen molar-refractivity contribution in [2.45, 2.75) is 18.9 Å². The lowest BCUT2D eigenvalue weighted by Gasteiger charge is -2.25. The molecule has 1 heterocycles. The minimum atomic E-state index is 0.598. The molecule has 0 atom stereocenters. The molecule has 2 N–H and O–H groups in total. The minimum Gasteiger partial charge on any atom is -0.381 e. The summed E-state index contributed by atoms with van der Waals surface area (Å²) in [6.07, 6.45) is 2.39. The Hall–Kier alpha value is -0.000000000000000111. The molecule has 1 aromatic rings. The van der Waals surface area contributed by atoms with Crippen molar-refractivity contribution in [1.82, 2.24) is 5.32 Å². The number of hydrogen-bond donors (Lipinski definition) is 2. The summed E-state index contributed by atoms with van der Waals surface area (Å²) < 4.78 is 1.19. The van der Waals surface area contributed by atoms with Gasteiger partial charge in [0.25, 0.3) is 0 Å². The summed E-state index contributed by atoms with van der Waals surface area (Å²) in [7, 11) is 0. The van der Waals surface area contributed by atoms with E-state index >= 15 is 0 Å². The van der Waals surface area contributed by atoms with E-state index in [0.717, 1.165) is 18.1 Å². The van der Waals surface area contributed by atoms with Crippen LogP contribution < -0.4 is 10.6 Å². The molecule has 0 amide bonds. The second kappa shape index (κ2) is 5.37. The highest BCUT2D eigenvalue weighted by Gasteiger charge is 2.13. The zero-order valence-corrected chi connectivity index (χ0v) is 11.3. The standard InChI is InChI=1S/C11H14ClIN2/c12-8-1-2-11(10(13)7-8)15-9-3-5-14-6-4-9/h1-2,7,9,14-15H,3-6H2. The number of nitrogens with one attached hydrogen (secondary N) is 2. The van der Waals surface area contributed by atoms with Crippen LogP contribution in [-0.2, 0) is 0 Å². The molecule has 1 fully saturated rings. The predicted octanol–water partition coefficient (Wildman–Crippen LogP) is 3.11. The summed E-state index contributed by atoms with van der Waals surface area (Å²) in [5.41, 5.74) is 1.20. The third-order valence-corrected chi connectivity index (χ3v) is 3.76. The van der Waals surface area contributed by atoms with Gasteiger partial charge in [-0.2, -0.15) is 0 Å². The molecular formula is C11H14ClIN2. The summed E-state index contributed by atoms with van der Waals surface area (Å²) in [4.78, 5) is 0. The molecule has 0 radical (unpaired) electrons. The van der Waals surface area contributed by atoms with Gasteiger partial charge in [-0.1, -0.05) is 11.6 Å². The first kappa shape index (κ1) is 11.5. The number of anilines is 1. The average molecular weight is 337 g/mol. The number of rotatable bonds is 2. The number of piperidine rings is 1. The molecule has 1 saturated heterocycles. The van der Waals surface area contributed by atoms with E-state index < -0.39 is 0 Å². The van der Waals surface area contributed by atoms with Gasteiger partial charge < -0.3 is 10.6 Å². The van der Waals surface area contributed by atoms with E-state index in [2.05, 4.69) is 39.3 Å². The van der Waals surface area contributed by atoms with Gasteiger partial charge in [0.2, 0.25) is 0 Å². The van der Waals surface area contributed by atoms with Crippen LogP contribution in [-0.4, -0.2) is 19.1 Å². The van der Waals surface area contributed by atoms with Crippen molar-refractivity contribution in [3.63, 3.8) is 0 Å². The lowest BCUT2D eigenvalue weighted by molar-refractivity contribution is 0.479. The van der Waals surface area contributed by atoms with Gasteiger partial charge in [0.1, 0.15) is 0 Å². The topological polar surface area (TPSA) is 24.1 Å². The average Bonchev–Trinajstić information content (AvgIpc) is 2.24. The summed E-state index contributed by atoms with van der Waals surface area (Å²) in [6.45, 7) is 2.23. The van der Waals surface area contributed by atoms with Crippen LogP contribution in [0.5, 0.6) is 0 Å². The quantitative estimate of drug-likeness (QED) is 0.811. The molecule has 1 aliphatic heterocycles. The molecule has 15 heavy (non-hydrogen) atoms. The predicted molar refractivity (Wildman–Crippen MR) is 73.7 cm³/mol. The van der Waals surface area contributed by atoms with Gasteiger partial charge in [0, 0.05) is 20.3 Å². The third kappa shape index (κ3) is 3.23. The first-order valence-electron chi connectivity index (χ1n) is 5.18. The van der Waals surface area contributed by atoms with Crippen LogP contribution in [0.3, 0.4) is 0 Å². The Bertz CT molecular complexity index is 337. The summed E-state index contributed by atoms with van der Waals surface area (Å²) in [5, 5.41) is 7.73. The van der Waals surface area contributed by atoms with E-state index in [1.54, 1.807) is 0 Å². The number of hydrogen-bond acceptors (Lipinski definition) is 2. The van der Waals surface area contributed by atoms with E-state index in [1.807, 2.05) is 12.1 Å². The normalized spacial score (nSPS) is 17.7. The number of halogens is 2. The molecule has 0 aliphatic carbocycles. The Morgan fingerprint density at radius 1 is 1.33 bits per heavy atom. The van der Waals surface area contributed by atoms with Crippen molar-refractivity contribution in [2.24, 2.45) is 0 Å². The molecule has 2 nitrogen and oxygen atoms in total. The molecule has 1 aromatic carbocycles. The van der Waals surface area contributed by atoms with E-state index in [0.29, 0.717) is 6.04 Å². The zero-order chi connectivity index (χ0) is 10.7. The Balaban J connectivity index is 2.03. The monoisotopic (exact) mass is 336 g/mol. The highest BCUT2D eigenvalue weighted by Crippen LogP contribution is 2.24. The summed E-state index contributed by atoms with van der Waals surface area (Å²) in [6, 6.07) is 6.59. The maximum absolute atomic E-state index is 5.92. The van der Waals surface area contributed by atoms with E-state index in [1.165, 1.54) is 22.1 Å². The van der Waals surface area contributed by atoms with Gasteiger partial charge in [-0.15, -0.1) is 0 Å². The zero-order valence-electron chi connectivity index (χ0n) is 8.39. The molecule has 4 heteroatoms. The van der Waals surface area contributed by atoms with Crippen LogP contribution in [0.2, 0.25) is 5.02 Å². The van der Waals surface area contributed by atoms with Crippen molar-refractivity contribution >= 4 is 39.9 Å². The maximum atomic E-state index is 5.92. The smallest absolute Gasteiger partial charge is 0.0479 e. The van der Waals surface area contributed by atoms with E-state index in [4.69, 9.17) is 11.6 Å². The van der Waals surface area contributed by atoms with Crippen molar-refractivity contribution in [3.05, 3.63) is 26.8 Å². The largest absolute Gasteiger partial charge is 0.381 e. The Labute approximate surface area is 109 Å². The van der Waals surface area contributed by atoms with Crippen LogP contribution in [0.25, 0.3) is 0 Å². The Morgan fingerprint density at radius 2 is 2.07 bits per heavy atom. The second-order valence-corrected chi connectivity index (χ2v) is 5.39. The van der Waals surface area contributed by atoms with Crippen LogP contribution in [0.4, 0.5) is 5.69 Å². The number of benzene rings is 1. The molecule has 0 saturated carbocycles. The van der Waals surface area contributed by atoms with Crippen molar-refractivity contribution in [3.8, 4) is 0 Å². The minimum absolute atomic E-state index is 0.598. The lowest BCUT2D eigenvalue weighted by atomic mass is 10.1. The highest BCUT2D eigenvalue weighted by molar-refractivity contribution is 14.1. The fourth-order valence-corrected chi connectivity index (χ4v) is 2.82. The molecule has 0 aromatic heterocycles. The van der Waals surface area contributed by atoms with Gasteiger partial charge in [0.15, 0.2) is 0 Å². The van der Waals surface area contributed by atoms with Gasteiger partial charge in [-0.05, 0) is 66.7 Å². The van der Waals surface area contributed by atoms with E-state index in [-0.39, 0.29) is 0 Å². The Kier molecular flexibility index (Phi) is 4.11. The van der Waals surface area contributed by atoms with Crippen molar-refractivity contribution < 1.29 is 0 Å². The van der Waals surface area contributed by atoms with Gasteiger partial charge >= 0.3 is 0 Å². The van der Waals surface area contributed by atoms with Crippen LogP contribution in [0, 0.1) is 3.57 Å². The third-order valence-electron chi connectivity index (χ3n) is 2.63. The first-order valence-corrected chi connectivity index (χ1v) is 6.63. The van der Waals surface area contributed by atoms with Crippen LogP contribution in [0.15, 0.2) is 18.2 Å². The SMILES string of the molecule is Clc1ccc(NC2CCNCC2)c(I)c1. The van der Waals surface area contributed by atoms with Crippen LogP contribution in [0.1, 0.15) is 12.8 Å². The highest BCUT2D eigenvalue weighted by atomic mass is 127. The van der Waals surface area contributed by atoms with Gasteiger partial charge in [-0.25, -0.2) is 0 Å². The molecule has 0 bridgehead atoms.